The van der Waals surface area contributed by atoms with E-state index in [1.165, 1.54) is 5.56 Å². The molecule has 6 nitrogen and oxygen atoms in total. The molecule has 1 saturated heterocycles. The van der Waals surface area contributed by atoms with Crippen LogP contribution in [0, 0.1) is 19.8 Å². The molecular weight excluding hydrogens is 366 g/mol. The molecule has 1 fully saturated rings. The van der Waals surface area contributed by atoms with Crippen molar-refractivity contribution >= 4 is 24.2 Å². The maximum absolute atomic E-state index is 12.6. The molecule has 2 amide bonds. The van der Waals surface area contributed by atoms with Crippen molar-refractivity contribution in [1.29, 1.82) is 0 Å². The predicted molar refractivity (Wildman–Crippen MR) is 109 cm³/mol. The molecule has 3 atom stereocenters. The highest BCUT2D eigenvalue weighted by Crippen LogP contribution is 2.28. The van der Waals surface area contributed by atoms with Gasteiger partial charge in [0.05, 0.1) is 31.8 Å². The summed E-state index contributed by atoms with van der Waals surface area (Å²) in [7, 11) is 0. The Morgan fingerprint density at radius 2 is 2.00 bits per heavy atom. The minimum absolute atomic E-state index is 0. The zero-order valence-corrected chi connectivity index (χ0v) is 17.6. The molecule has 27 heavy (non-hydrogen) atoms. The van der Waals surface area contributed by atoms with Crippen LogP contribution in [0.1, 0.15) is 43.6 Å². The summed E-state index contributed by atoms with van der Waals surface area (Å²) in [5, 5.41) is 2.66. The second kappa shape index (κ2) is 10.1. The second-order valence-electron chi connectivity index (χ2n) is 7.56. The Bertz CT molecular complexity index is 666. The largest absolute Gasteiger partial charge is 0.370 e. The average molecular weight is 398 g/mol. The van der Waals surface area contributed by atoms with Crippen LogP contribution in [0.3, 0.4) is 0 Å². The number of amides is 2. The van der Waals surface area contributed by atoms with Crippen LogP contribution >= 0.6 is 12.4 Å². The van der Waals surface area contributed by atoms with E-state index in [0.717, 1.165) is 11.1 Å². The van der Waals surface area contributed by atoms with Gasteiger partial charge >= 0.3 is 0 Å². The minimum Gasteiger partial charge on any atom is -0.370 e. The van der Waals surface area contributed by atoms with E-state index in [9.17, 15) is 9.59 Å². The third-order valence-electron chi connectivity index (χ3n) is 4.97. The summed E-state index contributed by atoms with van der Waals surface area (Å²) < 4.78 is 5.99. The smallest absolute Gasteiger partial charge is 0.242 e. The number of hydrogen-bond donors (Lipinski definition) is 2. The molecule has 152 valence electrons. The Morgan fingerprint density at radius 3 is 2.63 bits per heavy atom. The number of nitrogens with two attached hydrogens (primary N) is 1. The van der Waals surface area contributed by atoms with Crippen molar-refractivity contribution in [3.8, 4) is 0 Å². The van der Waals surface area contributed by atoms with Gasteiger partial charge in [0.2, 0.25) is 11.8 Å². The van der Waals surface area contributed by atoms with Crippen molar-refractivity contribution in [1.82, 2.24) is 10.2 Å². The first-order valence-electron chi connectivity index (χ1n) is 9.22. The van der Waals surface area contributed by atoms with Crippen molar-refractivity contribution in [3.63, 3.8) is 0 Å². The fraction of sp³-hybridized carbons (Fsp3) is 0.600. The molecule has 0 aromatic heterocycles. The van der Waals surface area contributed by atoms with Gasteiger partial charge in [-0.2, -0.15) is 0 Å². The van der Waals surface area contributed by atoms with E-state index in [-0.39, 0.29) is 48.8 Å². The van der Waals surface area contributed by atoms with Gasteiger partial charge in [0, 0.05) is 0 Å². The van der Waals surface area contributed by atoms with Gasteiger partial charge < -0.3 is 20.7 Å². The third-order valence-corrected chi connectivity index (χ3v) is 4.97. The Labute approximate surface area is 168 Å². The van der Waals surface area contributed by atoms with Crippen LogP contribution in [0.5, 0.6) is 0 Å². The van der Waals surface area contributed by atoms with Crippen LogP contribution < -0.4 is 11.1 Å². The quantitative estimate of drug-likeness (QED) is 0.796. The number of nitrogens with one attached hydrogen (secondary N) is 1. The van der Waals surface area contributed by atoms with E-state index < -0.39 is 6.04 Å². The van der Waals surface area contributed by atoms with E-state index in [1.54, 1.807) is 4.90 Å². The number of ether oxygens (including phenoxy) is 1. The van der Waals surface area contributed by atoms with Crippen molar-refractivity contribution < 1.29 is 14.3 Å². The van der Waals surface area contributed by atoms with Gasteiger partial charge in [-0.05, 0) is 37.8 Å². The van der Waals surface area contributed by atoms with Gasteiger partial charge in [-0.1, -0.05) is 37.6 Å². The van der Waals surface area contributed by atoms with Gasteiger partial charge in [0.1, 0.15) is 6.10 Å². The maximum Gasteiger partial charge on any atom is 0.242 e. The number of morpholine rings is 1. The first kappa shape index (κ1) is 23.4. The number of rotatable bonds is 5. The number of halogens is 1. The summed E-state index contributed by atoms with van der Waals surface area (Å²) in [5.41, 5.74) is 9.25. The second-order valence-corrected chi connectivity index (χ2v) is 7.56. The van der Waals surface area contributed by atoms with Crippen LogP contribution in [0.4, 0.5) is 0 Å². The van der Waals surface area contributed by atoms with Gasteiger partial charge in [-0.3, -0.25) is 9.59 Å². The number of carbonyl (C=O) groups excluding carboxylic acids is 2. The fourth-order valence-electron chi connectivity index (χ4n) is 3.08. The summed E-state index contributed by atoms with van der Waals surface area (Å²) in [6, 6.07) is 5.63. The van der Waals surface area contributed by atoms with Crippen molar-refractivity contribution in [2.45, 2.75) is 52.8 Å². The van der Waals surface area contributed by atoms with E-state index in [4.69, 9.17) is 10.5 Å². The molecule has 1 heterocycles. The van der Waals surface area contributed by atoms with Crippen molar-refractivity contribution in [3.05, 3.63) is 34.9 Å². The maximum atomic E-state index is 12.6. The fourth-order valence-corrected chi connectivity index (χ4v) is 3.08. The van der Waals surface area contributed by atoms with Gasteiger partial charge in [-0.15, -0.1) is 12.4 Å². The SMILES string of the molecule is Cc1ccc(C)c(C2CN(C(=O)CNC(=O)[C@@H](N)C(C)C)C(C)CO2)c1.Cl. The zero-order valence-electron chi connectivity index (χ0n) is 16.8. The monoisotopic (exact) mass is 397 g/mol. The molecule has 7 heteroatoms. The van der Waals surface area contributed by atoms with Crippen molar-refractivity contribution in [2.24, 2.45) is 11.7 Å². The highest BCUT2D eigenvalue weighted by atomic mass is 35.5. The predicted octanol–water partition coefficient (Wildman–Crippen LogP) is 2.11. The zero-order chi connectivity index (χ0) is 19.4. The Balaban J connectivity index is 0.00000364. The molecule has 0 radical (unpaired) electrons. The standard InChI is InChI=1S/C20H31N3O3.ClH/c1-12(2)19(21)20(25)22-9-18(24)23-10-17(26-11-15(23)5)16-8-13(3)6-7-14(16)4;/h6-8,12,15,17,19H,9-11,21H2,1-5H3,(H,22,25);1H/t15?,17?,19-;/m0./s1. The van der Waals surface area contributed by atoms with E-state index in [0.29, 0.717) is 13.2 Å². The number of aryl methyl sites for hydroxylation is 2. The van der Waals surface area contributed by atoms with Crippen molar-refractivity contribution in [2.75, 3.05) is 19.7 Å². The Morgan fingerprint density at radius 1 is 1.33 bits per heavy atom. The summed E-state index contributed by atoms with van der Waals surface area (Å²) in [5.74, 6) is -0.373. The molecule has 2 unspecified atom stereocenters. The number of nitrogens with zero attached hydrogens (tertiary/aromatic N) is 1. The van der Waals surface area contributed by atoms with E-state index in [2.05, 4.69) is 30.4 Å². The summed E-state index contributed by atoms with van der Waals surface area (Å²) >= 11 is 0. The van der Waals surface area contributed by atoms with E-state index >= 15 is 0 Å². The lowest BCUT2D eigenvalue weighted by molar-refractivity contribution is -0.144. The van der Waals surface area contributed by atoms with Crippen LogP contribution in [-0.2, 0) is 14.3 Å². The highest BCUT2D eigenvalue weighted by molar-refractivity contribution is 5.87. The number of carbonyl (C=O) groups is 2. The molecule has 0 spiro atoms. The summed E-state index contributed by atoms with van der Waals surface area (Å²) in [4.78, 5) is 26.4. The number of benzene rings is 1. The topological polar surface area (TPSA) is 84.7 Å². The summed E-state index contributed by atoms with van der Waals surface area (Å²) in [6.45, 7) is 10.7. The first-order chi connectivity index (χ1) is 12.2. The normalized spacial score (nSPS) is 20.8. The Hall–Kier alpha value is -1.63. The molecular formula is C20H32ClN3O3. The molecule has 0 saturated carbocycles. The van der Waals surface area contributed by atoms with Gasteiger partial charge in [-0.25, -0.2) is 0 Å². The molecule has 1 aliphatic heterocycles. The lowest BCUT2D eigenvalue weighted by Crippen LogP contribution is -2.53. The molecule has 1 aliphatic rings. The van der Waals surface area contributed by atoms with E-state index in [1.807, 2.05) is 27.7 Å². The average Bonchev–Trinajstić information content (AvgIpc) is 2.61. The van der Waals surface area contributed by atoms with Crippen LogP contribution in [-0.4, -0.2) is 48.5 Å². The molecule has 0 bridgehead atoms. The summed E-state index contributed by atoms with van der Waals surface area (Å²) in [6.07, 6.45) is -0.149. The molecule has 2 rings (SSSR count). The minimum atomic E-state index is -0.604. The third kappa shape index (κ3) is 5.92. The highest BCUT2D eigenvalue weighted by Gasteiger charge is 2.31. The lowest BCUT2D eigenvalue weighted by atomic mass is 9.99. The molecule has 0 aliphatic carbocycles. The van der Waals surface area contributed by atoms with Gasteiger partial charge in [0.15, 0.2) is 0 Å². The van der Waals surface area contributed by atoms with Crippen LogP contribution in [0.25, 0.3) is 0 Å². The molecule has 1 aromatic rings. The van der Waals surface area contributed by atoms with Crippen LogP contribution in [0.15, 0.2) is 18.2 Å². The van der Waals surface area contributed by atoms with Crippen LogP contribution in [0.2, 0.25) is 0 Å². The van der Waals surface area contributed by atoms with Gasteiger partial charge in [0.25, 0.3) is 0 Å². The molecule has 1 aromatic carbocycles. The molecule has 3 N–H and O–H groups in total. The number of hydrogen-bond acceptors (Lipinski definition) is 4. The lowest BCUT2D eigenvalue weighted by Gasteiger charge is -2.39. The first-order valence-corrected chi connectivity index (χ1v) is 9.22. The Kier molecular flexibility index (Phi) is 8.72.